The van der Waals surface area contributed by atoms with Gasteiger partial charge in [0.25, 0.3) is 5.91 Å². The summed E-state index contributed by atoms with van der Waals surface area (Å²) in [6, 6.07) is 10.8. The second kappa shape index (κ2) is 8.28. The van der Waals surface area contributed by atoms with Gasteiger partial charge in [0, 0.05) is 24.1 Å². The van der Waals surface area contributed by atoms with Gasteiger partial charge in [-0.1, -0.05) is 0 Å². The molecular formula is C23H15F3N6O2S. The van der Waals surface area contributed by atoms with Crippen molar-refractivity contribution in [3.8, 4) is 17.7 Å². The highest BCUT2D eigenvalue weighted by molar-refractivity contribution is 7.81. The van der Waals surface area contributed by atoms with Crippen molar-refractivity contribution >= 4 is 34.6 Å². The van der Waals surface area contributed by atoms with Gasteiger partial charge in [-0.2, -0.15) is 18.4 Å². The zero-order valence-corrected chi connectivity index (χ0v) is 18.7. The summed E-state index contributed by atoms with van der Waals surface area (Å²) >= 11 is 5.56. The van der Waals surface area contributed by atoms with E-state index >= 15 is 0 Å². The lowest BCUT2D eigenvalue weighted by atomic mass is 9.75. The number of rotatable bonds is 4. The Balaban J connectivity index is 1.54. The van der Waals surface area contributed by atoms with Crippen LogP contribution in [0.2, 0.25) is 0 Å². The van der Waals surface area contributed by atoms with Crippen molar-refractivity contribution in [2.45, 2.75) is 31.0 Å². The molecule has 0 radical (unpaired) electrons. The third kappa shape index (κ3) is 3.64. The van der Waals surface area contributed by atoms with Crippen molar-refractivity contribution in [1.29, 1.82) is 5.26 Å². The van der Waals surface area contributed by atoms with Crippen molar-refractivity contribution in [3.05, 3.63) is 66.4 Å². The Morgan fingerprint density at radius 1 is 1.09 bits per heavy atom. The van der Waals surface area contributed by atoms with Gasteiger partial charge in [-0.25, -0.2) is 15.0 Å². The van der Waals surface area contributed by atoms with E-state index < -0.39 is 34.6 Å². The van der Waals surface area contributed by atoms with Crippen LogP contribution < -0.4 is 14.5 Å². The van der Waals surface area contributed by atoms with E-state index in [1.165, 1.54) is 18.6 Å². The highest BCUT2D eigenvalue weighted by atomic mass is 32.1. The molecule has 0 bridgehead atoms. The highest BCUT2D eigenvalue weighted by Gasteiger charge is 2.60. The zero-order valence-electron chi connectivity index (χ0n) is 17.9. The fourth-order valence-electron chi connectivity index (χ4n) is 4.32. The Morgan fingerprint density at radius 3 is 2.40 bits per heavy atom. The number of hydrogen-bond donors (Lipinski definition) is 0. The Hall–Kier alpha value is -4.11. The molecule has 8 nitrogen and oxygen atoms in total. The maximum absolute atomic E-state index is 13.9. The van der Waals surface area contributed by atoms with Gasteiger partial charge in [-0.3, -0.25) is 9.69 Å². The maximum Gasteiger partial charge on any atom is 0.421 e. The molecule has 3 aromatic rings. The number of anilines is 2. The number of pyridine rings is 1. The van der Waals surface area contributed by atoms with Gasteiger partial charge in [0.05, 0.1) is 5.69 Å². The van der Waals surface area contributed by atoms with Crippen LogP contribution in [0.3, 0.4) is 0 Å². The van der Waals surface area contributed by atoms with Gasteiger partial charge >= 0.3 is 6.18 Å². The number of carbonyl (C=O) groups is 1. The molecule has 1 aromatic carbocycles. The summed E-state index contributed by atoms with van der Waals surface area (Å²) in [5.74, 6) is 0.248. The van der Waals surface area contributed by atoms with Crippen LogP contribution in [0.25, 0.3) is 0 Å². The standard InChI is InChI=1S/C23H15F3N6O2S/c24-23(25,26)19-16(12-27)29-11-6-17(19)31-20(33)22(8-1-9-22)32(21(31)35)14-2-4-15(5-3-14)34-18-7-10-28-13-30-18/h2-7,10-11,13H,1,8-9H2. The topological polar surface area (TPSA) is 95.2 Å². The summed E-state index contributed by atoms with van der Waals surface area (Å²) in [7, 11) is 0. The number of amides is 1. The fraction of sp³-hybridized carbons (Fsp3) is 0.217. The summed E-state index contributed by atoms with van der Waals surface area (Å²) in [5.41, 5.74) is -3.17. The first-order chi connectivity index (χ1) is 16.8. The highest BCUT2D eigenvalue weighted by Crippen LogP contribution is 2.49. The molecule has 1 saturated carbocycles. The average molecular weight is 496 g/mol. The molecule has 2 aliphatic rings. The molecular weight excluding hydrogens is 481 g/mol. The van der Waals surface area contributed by atoms with Crippen molar-refractivity contribution < 1.29 is 22.7 Å². The summed E-state index contributed by atoms with van der Waals surface area (Å²) < 4.78 is 47.4. The van der Waals surface area contributed by atoms with E-state index in [2.05, 4.69) is 15.0 Å². The van der Waals surface area contributed by atoms with Gasteiger partial charge in [0.15, 0.2) is 10.8 Å². The first-order valence-electron chi connectivity index (χ1n) is 10.5. The summed E-state index contributed by atoms with van der Waals surface area (Å²) in [6.07, 6.45) is 0.613. The Kier molecular flexibility index (Phi) is 5.36. The van der Waals surface area contributed by atoms with Crippen LogP contribution in [0.15, 0.2) is 55.1 Å². The first kappa shape index (κ1) is 22.7. The SMILES string of the molecule is N#Cc1nccc(N2C(=O)C3(CCC3)N(c3ccc(Oc4ccncn4)cc3)C2=S)c1C(F)(F)F. The van der Waals surface area contributed by atoms with Crippen LogP contribution in [-0.4, -0.2) is 31.5 Å². The van der Waals surface area contributed by atoms with Gasteiger partial charge < -0.3 is 9.64 Å². The second-order valence-corrected chi connectivity index (χ2v) is 8.32. The van der Waals surface area contributed by atoms with Crippen molar-refractivity contribution in [2.24, 2.45) is 0 Å². The normalized spacial score (nSPS) is 16.9. The minimum absolute atomic E-state index is 0.0974. The number of nitrogens with zero attached hydrogens (tertiary/aromatic N) is 6. The van der Waals surface area contributed by atoms with Crippen LogP contribution in [0, 0.1) is 11.3 Å². The molecule has 0 unspecified atom stereocenters. The molecule has 176 valence electrons. The first-order valence-corrected chi connectivity index (χ1v) is 10.9. The van der Waals surface area contributed by atoms with Crippen LogP contribution >= 0.6 is 12.2 Å². The molecule has 12 heteroatoms. The molecule has 2 fully saturated rings. The number of aromatic nitrogens is 3. The summed E-state index contributed by atoms with van der Waals surface area (Å²) in [6.45, 7) is 0. The number of ether oxygens (including phenoxy) is 1. The van der Waals surface area contributed by atoms with Crippen molar-refractivity contribution in [1.82, 2.24) is 15.0 Å². The number of nitriles is 1. The van der Waals surface area contributed by atoms with Gasteiger partial charge in [-0.15, -0.1) is 0 Å². The lowest BCUT2D eigenvalue weighted by molar-refractivity contribution is -0.137. The molecule has 3 heterocycles. The minimum Gasteiger partial charge on any atom is -0.439 e. The quantitative estimate of drug-likeness (QED) is 0.483. The number of halogens is 3. The van der Waals surface area contributed by atoms with E-state index in [0.717, 1.165) is 23.6 Å². The number of thiocarbonyl (C=S) groups is 1. The molecule has 0 atom stereocenters. The zero-order chi connectivity index (χ0) is 24.8. The van der Waals surface area contributed by atoms with Crippen LogP contribution in [0.4, 0.5) is 24.5 Å². The fourth-order valence-corrected chi connectivity index (χ4v) is 4.78. The molecule has 1 aliphatic carbocycles. The van der Waals surface area contributed by atoms with Crippen LogP contribution in [0.5, 0.6) is 11.6 Å². The monoisotopic (exact) mass is 496 g/mol. The average Bonchev–Trinajstić information content (AvgIpc) is 3.05. The lowest BCUT2D eigenvalue weighted by Crippen LogP contribution is -2.55. The predicted molar refractivity (Wildman–Crippen MR) is 122 cm³/mol. The number of carbonyl (C=O) groups excluding carboxylic acids is 1. The van der Waals surface area contributed by atoms with E-state index in [1.54, 1.807) is 35.2 Å². The molecule has 1 saturated heterocycles. The molecule has 2 aromatic heterocycles. The van der Waals surface area contributed by atoms with E-state index in [9.17, 15) is 23.2 Å². The van der Waals surface area contributed by atoms with E-state index in [-0.39, 0.29) is 5.11 Å². The lowest BCUT2D eigenvalue weighted by Gasteiger charge is -2.43. The largest absolute Gasteiger partial charge is 0.439 e. The molecule has 5 rings (SSSR count). The Bertz CT molecular complexity index is 1350. The van der Waals surface area contributed by atoms with E-state index in [4.69, 9.17) is 17.0 Å². The summed E-state index contributed by atoms with van der Waals surface area (Å²) in [4.78, 5) is 27.4. The number of hydrogen-bond acceptors (Lipinski definition) is 7. The second-order valence-electron chi connectivity index (χ2n) is 7.95. The van der Waals surface area contributed by atoms with E-state index in [1.807, 2.05) is 0 Å². The molecule has 1 amide bonds. The smallest absolute Gasteiger partial charge is 0.421 e. The van der Waals surface area contributed by atoms with E-state index in [0.29, 0.717) is 30.2 Å². The number of benzene rings is 1. The van der Waals surface area contributed by atoms with Gasteiger partial charge in [0.1, 0.15) is 29.2 Å². The minimum atomic E-state index is -4.91. The van der Waals surface area contributed by atoms with Gasteiger partial charge in [0.2, 0.25) is 5.88 Å². The third-order valence-electron chi connectivity index (χ3n) is 6.02. The third-order valence-corrected chi connectivity index (χ3v) is 6.39. The molecule has 0 N–H and O–H groups in total. The molecule has 1 spiro atoms. The summed E-state index contributed by atoms with van der Waals surface area (Å²) in [5, 5.41) is 9.13. The van der Waals surface area contributed by atoms with Crippen LogP contribution in [-0.2, 0) is 11.0 Å². The molecule has 35 heavy (non-hydrogen) atoms. The Labute approximate surface area is 202 Å². The number of alkyl halides is 3. The van der Waals surface area contributed by atoms with Crippen LogP contribution in [0.1, 0.15) is 30.5 Å². The maximum atomic E-state index is 13.9. The molecule has 1 aliphatic heterocycles. The Morgan fingerprint density at radius 2 is 1.83 bits per heavy atom. The van der Waals surface area contributed by atoms with Gasteiger partial charge in [-0.05, 0) is 61.8 Å². The van der Waals surface area contributed by atoms with Crippen molar-refractivity contribution in [3.63, 3.8) is 0 Å². The predicted octanol–water partition coefficient (Wildman–Crippen LogP) is 4.62. The van der Waals surface area contributed by atoms with Crippen molar-refractivity contribution in [2.75, 3.05) is 9.80 Å².